The van der Waals surface area contributed by atoms with Crippen molar-refractivity contribution in [1.82, 2.24) is 29.5 Å². The Morgan fingerprint density at radius 2 is 2.12 bits per heavy atom. The third kappa shape index (κ3) is 2.16. The van der Waals surface area contributed by atoms with Crippen LogP contribution in [0.3, 0.4) is 0 Å². The molecule has 4 rings (SSSR count). The number of aryl methyl sites for hydroxylation is 2. The highest BCUT2D eigenvalue weighted by Gasteiger charge is 2.18. The number of anilines is 1. The van der Waals surface area contributed by atoms with Crippen LogP contribution in [0.5, 0.6) is 0 Å². The molecule has 4 heterocycles. The van der Waals surface area contributed by atoms with Crippen LogP contribution in [0, 0.1) is 13.8 Å². The molecule has 1 unspecified atom stereocenters. The molecule has 4 aromatic heterocycles. The van der Waals surface area contributed by atoms with Crippen molar-refractivity contribution >= 4 is 33.0 Å². The van der Waals surface area contributed by atoms with Crippen molar-refractivity contribution in [3.05, 3.63) is 45.3 Å². The summed E-state index contributed by atoms with van der Waals surface area (Å²) < 4.78 is 1.68. The van der Waals surface area contributed by atoms with Crippen molar-refractivity contribution in [2.45, 2.75) is 26.8 Å². The van der Waals surface area contributed by atoms with Gasteiger partial charge in [0.15, 0.2) is 5.82 Å². The highest BCUT2D eigenvalue weighted by atomic mass is 32.1. The number of rotatable bonds is 3. The van der Waals surface area contributed by atoms with Gasteiger partial charge in [0.05, 0.1) is 11.4 Å². The van der Waals surface area contributed by atoms with Crippen LogP contribution in [0.1, 0.15) is 29.2 Å². The van der Waals surface area contributed by atoms with Gasteiger partial charge in [0.2, 0.25) is 5.65 Å². The Morgan fingerprint density at radius 1 is 1.29 bits per heavy atom. The van der Waals surface area contributed by atoms with Gasteiger partial charge < -0.3 is 10.3 Å². The van der Waals surface area contributed by atoms with Crippen LogP contribution < -0.4 is 10.9 Å². The summed E-state index contributed by atoms with van der Waals surface area (Å²) in [6.07, 6.45) is 4.86. The predicted octanol–water partition coefficient (Wildman–Crippen LogP) is 2.21. The summed E-state index contributed by atoms with van der Waals surface area (Å²) in [5.41, 5.74) is 1.18. The van der Waals surface area contributed by atoms with E-state index in [-0.39, 0.29) is 17.2 Å². The minimum absolute atomic E-state index is 0.181. The number of H-pyrrole nitrogens is 1. The first-order valence-electron chi connectivity index (χ1n) is 7.46. The van der Waals surface area contributed by atoms with Gasteiger partial charge in [-0.2, -0.15) is 0 Å². The molecule has 122 valence electrons. The number of hydrogen-bond acceptors (Lipinski definition) is 7. The molecule has 8 nitrogen and oxygen atoms in total. The average Bonchev–Trinajstić information content (AvgIpc) is 3.11. The zero-order chi connectivity index (χ0) is 16.8. The standard InChI is InChI=1S/C15H15N7OS/c1-7-9(3)24-15-10(7)11(17-6-18-15)19-8(2)12-20-21-13-14(23)16-4-5-22(12)13/h4-6,8H,1-3H3,(H,16,23)(H,17,18,19). The van der Waals surface area contributed by atoms with Gasteiger partial charge in [0, 0.05) is 17.3 Å². The summed E-state index contributed by atoms with van der Waals surface area (Å²) in [5.74, 6) is 1.41. The van der Waals surface area contributed by atoms with Gasteiger partial charge >= 0.3 is 0 Å². The topological polar surface area (TPSA) is 101 Å². The predicted molar refractivity (Wildman–Crippen MR) is 92.5 cm³/mol. The summed E-state index contributed by atoms with van der Waals surface area (Å²) in [6.45, 7) is 6.10. The zero-order valence-electron chi connectivity index (χ0n) is 13.4. The van der Waals surface area contributed by atoms with Crippen molar-refractivity contribution in [3.63, 3.8) is 0 Å². The molecule has 0 aliphatic rings. The lowest BCUT2D eigenvalue weighted by molar-refractivity contribution is 0.768. The number of aromatic amines is 1. The molecule has 0 bridgehead atoms. The van der Waals surface area contributed by atoms with Crippen molar-refractivity contribution < 1.29 is 0 Å². The second kappa shape index (κ2) is 5.38. The molecule has 0 aliphatic carbocycles. The van der Waals surface area contributed by atoms with Crippen molar-refractivity contribution in [1.29, 1.82) is 0 Å². The molecule has 0 saturated carbocycles. The first-order chi connectivity index (χ1) is 11.6. The third-order valence-corrected chi connectivity index (χ3v) is 5.18. The fourth-order valence-corrected chi connectivity index (χ4v) is 3.71. The molecule has 0 radical (unpaired) electrons. The Hall–Kier alpha value is -2.81. The van der Waals surface area contributed by atoms with Gasteiger partial charge in [-0.3, -0.25) is 9.20 Å². The number of nitrogens with one attached hydrogen (secondary N) is 2. The Kier molecular flexibility index (Phi) is 3.31. The number of aromatic nitrogens is 6. The highest BCUT2D eigenvalue weighted by molar-refractivity contribution is 7.18. The van der Waals surface area contributed by atoms with E-state index in [0.29, 0.717) is 5.82 Å². The molecular weight excluding hydrogens is 326 g/mol. The molecule has 0 saturated heterocycles. The first-order valence-corrected chi connectivity index (χ1v) is 8.27. The monoisotopic (exact) mass is 341 g/mol. The molecule has 9 heteroatoms. The smallest absolute Gasteiger partial charge is 0.293 e. The molecule has 0 spiro atoms. The molecule has 2 N–H and O–H groups in total. The number of nitrogens with zero attached hydrogens (tertiary/aromatic N) is 5. The fourth-order valence-electron chi connectivity index (χ4n) is 2.71. The Bertz CT molecular complexity index is 1110. The SMILES string of the molecule is Cc1sc2ncnc(NC(C)c3nnc4c(=O)[nH]ccn34)c2c1C. The van der Waals surface area contributed by atoms with Gasteiger partial charge in [-0.05, 0) is 26.3 Å². The van der Waals surface area contributed by atoms with Crippen LogP contribution in [0.25, 0.3) is 15.9 Å². The molecular formula is C15H15N7OS. The van der Waals surface area contributed by atoms with E-state index in [4.69, 9.17) is 0 Å². The minimum Gasteiger partial charge on any atom is -0.360 e. The van der Waals surface area contributed by atoms with E-state index in [2.05, 4.69) is 44.3 Å². The van der Waals surface area contributed by atoms with Gasteiger partial charge in [-0.1, -0.05) is 0 Å². The van der Waals surface area contributed by atoms with Crippen LogP contribution in [0.15, 0.2) is 23.5 Å². The Morgan fingerprint density at radius 3 is 2.96 bits per heavy atom. The molecule has 0 fully saturated rings. The van der Waals surface area contributed by atoms with Crippen molar-refractivity contribution in [3.8, 4) is 0 Å². The van der Waals surface area contributed by atoms with Crippen LogP contribution in [-0.2, 0) is 0 Å². The summed E-state index contributed by atoms with van der Waals surface area (Å²) >= 11 is 1.65. The molecule has 24 heavy (non-hydrogen) atoms. The first kappa shape index (κ1) is 14.8. The number of thiophene rings is 1. The quantitative estimate of drug-likeness (QED) is 0.592. The zero-order valence-corrected chi connectivity index (χ0v) is 14.2. The molecule has 0 aromatic carbocycles. The van der Waals surface area contributed by atoms with E-state index >= 15 is 0 Å². The van der Waals surface area contributed by atoms with Crippen LogP contribution >= 0.6 is 11.3 Å². The molecule has 0 aliphatic heterocycles. The maximum atomic E-state index is 11.8. The summed E-state index contributed by atoms with van der Waals surface area (Å²) in [6, 6.07) is -0.181. The Labute approximate surface area is 140 Å². The van der Waals surface area contributed by atoms with Crippen LogP contribution in [0.2, 0.25) is 0 Å². The van der Waals surface area contributed by atoms with E-state index in [0.717, 1.165) is 16.0 Å². The van der Waals surface area contributed by atoms with Crippen molar-refractivity contribution in [2.24, 2.45) is 0 Å². The van der Waals surface area contributed by atoms with Gasteiger partial charge in [-0.25, -0.2) is 9.97 Å². The van der Waals surface area contributed by atoms with Crippen molar-refractivity contribution in [2.75, 3.05) is 5.32 Å². The van der Waals surface area contributed by atoms with E-state index in [1.165, 1.54) is 10.4 Å². The molecule has 0 amide bonds. The van der Waals surface area contributed by atoms with E-state index in [1.54, 1.807) is 34.5 Å². The summed E-state index contributed by atoms with van der Waals surface area (Å²) in [7, 11) is 0. The normalized spacial score (nSPS) is 12.8. The third-order valence-electron chi connectivity index (χ3n) is 4.07. The number of hydrogen-bond donors (Lipinski definition) is 2. The van der Waals surface area contributed by atoms with Crippen LogP contribution in [-0.4, -0.2) is 29.5 Å². The highest BCUT2D eigenvalue weighted by Crippen LogP contribution is 2.33. The summed E-state index contributed by atoms with van der Waals surface area (Å²) in [5, 5.41) is 12.5. The van der Waals surface area contributed by atoms with Gasteiger partial charge in [0.25, 0.3) is 5.56 Å². The minimum atomic E-state index is -0.266. The average molecular weight is 341 g/mol. The number of fused-ring (bicyclic) bond motifs is 2. The lowest BCUT2D eigenvalue weighted by Crippen LogP contribution is -2.14. The van der Waals surface area contributed by atoms with E-state index in [1.807, 2.05) is 6.92 Å². The van der Waals surface area contributed by atoms with Gasteiger partial charge in [-0.15, -0.1) is 21.5 Å². The largest absolute Gasteiger partial charge is 0.360 e. The second-order valence-corrected chi connectivity index (χ2v) is 6.80. The van der Waals surface area contributed by atoms with Crippen LogP contribution in [0.4, 0.5) is 5.82 Å². The lowest BCUT2D eigenvalue weighted by Gasteiger charge is -2.13. The molecule has 4 aromatic rings. The molecule has 1 atom stereocenters. The fraction of sp³-hybridized carbons (Fsp3) is 0.267. The van der Waals surface area contributed by atoms with E-state index < -0.39 is 0 Å². The maximum Gasteiger partial charge on any atom is 0.293 e. The van der Waals surface area contributed by atoms with Gasteiger partial charge in [0.1, 0.15) is 17.0 Å². The second-order valence-electron chi connectivity index (χ2n) is 5.59. The van der Waals surface area contributed by atoms with E-state index in [9.17, 15) is 4.79 Å². The Balaban J connectivity index is 1.78. The maximum absolute atomic E-state index is 11.8. The summed E-state index contributed by atoms with van der Waals surface area (Å²) in [4.78, 5) is 25.3. The lowest BCUT2D eigenvalue weighted by atomic mass is 10.2.